The van der Waals surface area contributed by atoms with E-state index in [1.165, 1.54) is 40.3 Å². The number of aryl methyl sites for hydroxylation is 3. The number of unbranched alkanes of at least 4 members (excludes halogenated alkanes) is 1. The molecule has 5 atom stereocenters. The Hall–Kier alpha value is -7.32. The molecule has 0 saturated carbocycles. The molecule has 4 fully saturated rings. The van der Waals surface area contributed by atoms with Crippen molar-refractivity contribution in [2.75, 3.05) is 113 Å². The number of nitrogens with zero attached hydrogens (tertiary/aromatic N) is 16. The van der Waals surface area contributed by atoms with E-state index < -0.39 is 0 Å². The third-order valence-electron chi connectivity index (χ3n) is 18.7. The lowest BCUT2D eigenvalue weighted by Crippen LogP contribution is -2.45. The predicted molar refractivity (Wildman–Crippen MR) is 366 cm³/mol. The van der Waals surface area contributed by atoms with Gasteiger partial charge in [0.05, 0.1) is 64.4 Å². The predicted octanol–water partition coefficient (Wildman–Crippen LogP) is 11.3. The Morgan fingerprint density at radius 3 is 1.98 bits per heavy atom. The van der Waals surface area contributed by atoms with Crippen LogP contribution in [0.5, 0.6) is 0 Å². The number of aromatic nitrogens is 9. The van der Waals surface area contributed by atoms with Crippen molar-refractivity contribution < 1.29 is 0 Å². The molecule has 0 spiro atoms. The van der Waals surface area contributed by atoms with Crippen LogP contribution in [0.1, 0.15) is 157 Å². The Labute approximate surface area is 531 Å². The van der Waals surface area contributed by atoms with Crippen molar-refractivity contribution in [1.82, 2.24) is 83.5 Å². The first kappa shape index (κ1) is 66.1. The number of hydrogen-bond acceptors (Lipinski definition) is 15. The fraction of sp³-hybridized carbons (Fsp3) is 0.493. The summed E-state index contributed by atoms with van der Waals surface area (Å²) in [5, 5.41) is 7.01. The fourth-order valence-corrected chi connectivity index (χ4v) is 13.1. The van der Waals surface area contributed by atoms with Gasteiger partial charge in [0, 0.05) is 116 Å². The van der Waals surface area contributed by atoms with Gasteiger partial charge in [-0.25, -0.2) is 15.0 Å². The Morgan fingerprint density at radius 2 is 1.31 bits per heavy atom. The zero-order chi connectivity index (χ0) is 63.1. The molecule has 7 aromatic heterocycles. The number of piperidine rings is 2. The first-order chi connectivity index (χ1) is 43.1. The summed E-state index contributed by atoms with van der Waals surface area (Å²) in [5.74, 6) is 4.85. The molecule has 0 aliphatic carbocycles. The van der Waals surface area contributed by atoms with E-state index >= 15 is 0 Å². The summed E-state index contributed by atoms with van der Waals surface area (Å²) >= 11 is 0. The lowest BCUT2D eigenvalue weighted by Gasteiger charge is -2.39. The Morgan fingerprint density at radius 1 is 0.685 bits per heavy atom. The van der Waals surface area contributed by atoms with Crippen molar-refractivity contribution in [3.8, 4) is 0 Å². The molecule has 4 aliphatic heterocycles. The molecule has 2 N–H and O–H groups in total. The van der Waals surface area contributed by atoms with Crippen LogP contribution in [-0.2, 0) is 6.54 Å². The highest BCUT2D eigenvalue weighted by molar-refractivity contribution is 5.54. The standard InChI is InChI=1S/C25H38N6.C23H30N6.C23H34N6/c1-7-9-12-24(29(6)18-22-20(3)11-10-13-26-22)23-19-31(25(8-2)27-23)21(4)30-16-14-28(5)15-17-30;1-17-6-5-11-24-23(17)19-8-3-7-18(25-19)20-16-29-21(26-20)9-4-10-22(29)28-14-12-27(2)13-15-28;1-7-22-26-19(16-29(22)18(3)27(5)15-14-24-4)20-11-8-12-21(28(20)6)23-17(2)10-9-13-25-23/h8,10-11,13,19,24H,2,4,7,9,12,14-18H2,1,3,5-6H3;4-6,9-11,16,18-19,25H,3,7-8,12-15H2,1-2H3;7,9-10,13,16,20-21,24H,1,3,8,11-12,14-15H2,2,4-6H3. The minimum Gasteiger partial charge on any atom is -0.360 e. The molecule has 18 nitrogen and oxygen atoms in total. The lowest BCUT2D eigenvalue weighted by atomic mass is 9.91. The van der Waals surface area contributed by atoms with Gasteiger partial charge in [-0.05, 0) is 160 Å². The van der Waals surface area contributed by atoms with Gasteiger partial charge in [0.2, 0.25) is 0 Å². The number of likely N-dealkylation sites (N-methyl/N-ethyl adjacent to an activating group) is 4. The van der Waals surface area contributed by atoms with Crippen molar-refractivity contribution in [2.45, 2.75) is 122 Å². The smallest absolute Gasteiger partial charge is 0.138 e. The number of rotatable bonds is 21. The van der Waals surface area contributed by atoms with Crippen molar-refractivity contribution in [2.24, 2.45) is 0 Å². The second-order valence-electron chi connectivity index (χ2n) is 25.0. The molecule has 5 unspecified atom stereocenters. The Kier molecular flexibility index (Phi) is 23.3. The van der Waals surface area contributed by atoms with Gasteiger partial charge in [-0.2, -0.15) is 0 Å². The highest BCUT2D eigenvalue weighted by Gasteiger charge is 2.34. The molecule has 11 rings (SSSR count). The number of imidazole rings is 3. The topological polar surface area (TPSA) is 138 Å². The monoisotopic (exact) mass is 1210 g/mol. The van der Waals surface area contributed by atoms with E-state index in [0.29, 0.717) is 12.1 Å². The summed E-state index contributed by atoms with van der Waals surface area (Å²) in [6.07, 6.45) is 26.1. The molecule has 11 heterocycles. The maximum atomic E-state index is 5.00. The van der Waals surface area contributed by atoms with Gasteiger partial charge < -0.3 is 35.1 Å². The average Bonchev–Trinajstić information content (AvgIpc) is 2.31. The minimum atomic E-state index is 0.224. The molecule has 89 heavy (non-hydrogen) atoms. The van der Waals surface area contributed by atoms with E-state index in [-0.39, 0.29) is 18.1 Å². The van der Waals surface area contributed by atoms with Crippen molar-refractivity contribution in [1.29, 1.82) is 0 Å². The van der Waals surface area contributed by atoms with E-state index in [0.717, 1.165) is 175 Å². The van der Waals surface area contributed by atoms with Crippen LogP contribution >= 0.6 is 0 Å². The number of nitrogens with one attached hydrogen (secondary N) is 2. The highest BCUT2D eigenvalue weighted by Crippen LogP contribution is 2.41. The molecular formula is C71H102N18. The summed E-state index contributed by atoms with van der Waals surface area (Å²) in [7, 11) is 12.8. The molecular weight excluding hydrogens is 1100 g/mol. The Balaban J connectivity index is 0.000000159. The van der Waals surface area contributed by atoms with Crippen molar-refractivity contribution in [3.63, 3.8) is 0 Å². The number of hydrogen-bond donors (Lipinski definition) is 2. The van der Waals surface area contributed by atoms with Crippen molar-refractivity contribution >= 4 is 35.3 Å². The maximum Gasteiger partial charge on any atom is 0.138 e. The molecule has 4 aliphatic rings. The minimum absolute atomic E-state index is 0.224. The first-order valence-corrected chi connectivity index (χ1v) is 32.6. The van der Waals surface area contributed by atoms with Gasteiger partial charge in [0.25, 0.3) is 0 Å². The van der Waals surface area contributed by atoms with Crippen LogP contribution in [0, 0.1) is 20.8 Å². The van der Waals surface area contributed by atoms with Gasteiger partial charge in [0.1, 0.15) is 34.8 Å². The van der Waals surface area contributed by atoms with Crippen LogP contribution in [0.15, 0.2) is 118 Å². The second kappa shape index (κ2) is 31.4. The number of anilines is 1. The molecule has 0 amide bonds. The zero-order valence-electron chi connectivity index (χ0n) is 55.3. The third kappa shape index (κ3) is 16.2. The highest BCUT2D eigenvalue weighted by atomic mass is 15.3. The van der Waals surface area contributed by atoms with Crippen LogP contribution < -0.4 is 15.5 Å². The van der Waals surface area contributed by atoms with E-state index in [1.807, 2.05) is 56.0 Å². The summed E-state index contributed by atoms with van der Waals surface area (Å²) in [6, 6.07) is 20.3. The summed E-state index contributed by atoms with van der Waals surface area (Å²) in [6.45, 7) is 36.3. The molecule has 7 aromatic rings. The zero-order valence-corrected chi connectivity index (χ0v) is 55.3. The molecule has 0 radical (unpaired) electrons. The van der Waals surface area contributed by atoms with E-state index in [4.69, 9.17) is 15.0 Å². The van der Waals surface area contributed by atoms with Gasteiger partial charge in [-0.3, -0.25) is 38.3 Å². The summed E-state index contributed by atoms with van der Waals surface area (Å²) in [4.78, 5) is 45.4. The lowest BCUT2D eigenvalue weighted by molar-refractivity contribution is 0.109. The molecule has 18 heteroatoms. The summed E-state index contributed by atoms with van der Waals surface area (Å²) < 4.78 is 6.45. The van der Waals surface area contributed by atoms with Gasteiger partial charge in [-0.1, -0.05) is 70.3 Å². The van der Waals surface area contributed by atoms with Gasteiger partial charge in [0.15, 0.2) is 0 Å². The van der Waals surface area contributed by atoms with E-state index in [1.54, 1.807) is 0 Å². The van der Waals surface area contributed by atoms with Crippen molar-refractivity contribution in [3.05, 3.63) is 181 Å². The number of pyridine rings is 4. The molecule has 0 aromatic carbocycles. The number of likely N-dealkylation sites (tertiary alicyclic amines) is 1. The average molecular weight is 1210 g/mol. The number of fused-ring (bicyclic) bond motifs is 1. The second-order valence-corrected chi connectivity index (χ2v) is 25.0. The third-order valence-corrected chi connectivity index (χ3v) is 18.7. The maximum absolute atomic E-state index is 5.00. The molecule has 476 valence electrons. The van der Waals surface area contributed by atoms with Gasteiger partial charge >= 0.3 is 0 Å². The van der Waals surface area contributed by atoms with E-state index in [2.05, 4.69) is 218 Å². The van der Waals surface area contributed by atoms with Gasteiger partial charge in [-0.15, -0.1) is 0 Å². The molecule has 4 saturated heterocycles. The number of piperazine rings is 2. The van der Waals surface area contributed by atoms with E-state index in [9.17, 15) is 0 Å². The first-order valence-electron chi connectivity index (χ1n) is 32.6. The van der Waals surface area contributed by atoms with Crippen LogP contribution in [0.2, 0.25) is 0 Å². The van der Waals surface area contributed by atoms with Crippen LogP contribution in [0.3, 0.4) is 0 Å². The quantitative estimate of drug-likeness (QED) is 0.0705. The normalized spacial score (nSPS) is 19.7. The molecule has 0 bridgehead atoms. The van der Waals surface area contributed by atoms with Crippen LogP contribution in [0.4, 0.5) is 5.82 Å². The largest absolute Gasteiger partial charge is 0.360 e. The fourth-order valence-electron chi connectivity index (χ4n) is 13.1. The Bertz CT molecular complexity index is 3430. The SMILES string of the molecule is C=Cc1nc(C(CCCC)N(C)Cc2ncccc2C)cn1C(=C)N1CCN(C)CC1.C=Cc1nc(C2CCCC(c3ncccc3C)N2C)cn1C(=C)N(C)CCNC.Cc1cccnc1C1CCCC(c2cn3c(N4CCN(C)CC4)cccc3n2)N1. The van der Waals surface area contributed by atoms with Crippen LogP contribution in [-0.4, -0.2) is 181 Å². The van der Waals surface area contributed by atoms with Crippen LogP contribution in [0.25, 0.3) is 29.4 Å². The summed E-state index contributed by atoms with van der Waals surface area (Å²) in [5.41, 5.74) is 11.6.